The summed E-state index contributed by atoms with van der Waals surface area (Å²) in [5, 5.41) is 18.9. The van der Waals surface area contributed by atoms with Gasteiger partial charge in [0.15, 0.2) is 5.43 Å². The molecule has 2 rings (SSSR count). The normalized spacial score (nSPS) is 11.1. The molecule has 0 aliphatic carbocycles. The molecule has 102 valence electrons. The molecule has 0 atom stereocenters. The summed E-state index contributed by atoms with van der Waals surface area (Å²) >= 11 is 0. The largest absolute Gasteiger partial charge is 0.478 e. The molecule has 0 bridgehead atoms. The molecule has 1 aromatic carbocycles. The molecule has 0 aliphatic rings. The number of nitro benzene ring substituents is 1. The summed E-state index contributed by atoms with van der Waals surface area (Å²) < 4.78 is 18.2. The minimum absolute atomic E-state index is 0.153. The number of carboxylic acids is 1. The molecule has 1 N–H and O–H groups in total. The smallest absolute Gasteiger partial charge is 0.328 e. The summed E-state index contributed by atoms with van der Waals surface area (Å²) in [5.41, 5.74) is -1.95. The first kappa shape index (κ1) is 13.4. The Bertz CT molecular complexity index is 807. The van der Waals surface area contributed by atoms with E-state index in [2.05, 4.69) is 0 Å². The molecule has 0 amide bonds. The Kier molecular flexibility index (Phi) is 3.30. The maximum atomic E-state index is 13.3. The van der Waals surface area contributed by atoms with Crippen molar-refractivity contribution in [3.63, 3.8) is 0 Å². The lowest BCUT2D eigenvalue weighted by atomic mass is 10.1. The zero-order valence-corrected chi connectivity index (χ0v) is 9.70. The third-order valence-corrected chi connectivity index (χ3v) is 2.45. The van der Waals surface area contributed by atoms with E-state index in [0.29, 0.717) is 12.1 Å². The molecule has 2 aromatic rings. The molecule has 1 aromatic heterocycles. The van der Waals surface area contributed by atoms with E-state index in [4.69, 9.17) is 9.52 Å². The highest BCUT2D eigenvalue weighted by Gasteiger charge is 2.19. The second kappa shape index (κ2) is 4.92. The lowest BCUT2D eigenvalue weighted by molar-refractivity contribution is -0.383. The minimum Gasteiger partial charge on any atom is -0.478 e. The van der Waals surface area contributed by atoms with Gasteiger partial charge in [-0.15, -0.1) is 0 Å². The van der Waals surface area contributed by atoms with Crippen LogP contribution in [0.2, 0.25) is 0 Å². The van der Waals surface area contributed by atoms with E-state index in [1.165, 1.54) is 0 Å². The van der Waals surface area contributed by atoms with Gasteiger partial charge in [-0.2, -0.15) is 0 Å². The van der Waals surface area contributed by atoms with E-state index in [9.17, 15) is 24.1 Å². The number of halogens is 1. The van der Waals surface area contributed by atoms with E-state index < -0.39 is 27.8 Å². The number of fused-ring (bicyclic) bond motifs is 1. The quantitative estimate of drug-likeness (QED) is 0.522. The van der Waals surface area contributed by atoms with Crippen LogP contribution in [0.25, 0.3) is 17.0 Å². The average molecular weight is 279 g/mol. The predicted octanol–water partition coefficient (Wildman–Crippen LogP) is 1.94. The van der Waals surface area contributed by atoms with Gasteiger partial charge in [-0.1, -0.05) is 0 Å². The Morgan fingerprint density at radius 2 is 2.15 bits per heavy atom. The first-order valence-corrected chi connectivity index (χ1v) is 5.20. The van der Waals surface area contributed by atoms with E-state index in [-0.39, 0.29) is 16.5 Å². The van der Waals surface area contributed by atoms with Gasteiger partial charge in [0.25, 0.3) is 0 Å². The van der Waals surface area contributed by atoms with Crippen LogP contribution in [0.5, 0.6) is 0 Å². The molecule has 0 saturated heterocycles. The fourth-order valence-corrected chi connectivity index (χ4v) is 1.61. The van der Waals surface area contributed by atoms with Crippen molar-refractivity contribution >= 4 is 28.7 Å². The fourth-order valence-electron chi connectivity index (χ4n) is 1.61. The van der Waals surface area contributed by atoms with Gasteiger partial charge < -0.3 is 9.52 Å². The van der Waals surface area contributed by atoms with Crippen molar-refractivity contribution in [3.8, 4) is 0 Å². The molecule has 8 heteroatoms. The first-order chi connectivity index (χ1) is 9.40. The van der Waals surface area contributed by atoms with Gasteiger partial charge in [0.1, 0.15) is 12.1 Å². The van der Waals surface area contributed by atoms with E-state index >= 15 is 0 Å². The van der Waals surface area contributed by atoms with Crippen molar-refractivity contribution in [2.24, 2.45) is 0 Å². The third kappa shape index (κ3) is 2.39. The van der Waals surface area contributed by atoms with Crippen LogP contribution >= 0.6 is 0 Å². The van der Waals surface area contributed by atoms with Gasteiger partial charge in [-0.05, 0) is 12.1 Å². The van der Waals surface area contributed by atoms with E-state index in [0.717, 1.165) is 18.4 Å². The molecule has 0 unspecified atom stereocenters. The Morgan fingerprint density at radius 3 is 2.75 bits per heavy atom. The Hall–Kier alpha value is -3.03. The predicted molar refractivity (Wildman–Crippen MR) is 65.8 cm³/mol. The number of hydrogen-bond acceptors (Lipinski definition) is 5. The van der Waals surface area contributed by atoms with Gasteiger partial charge in [0, 0.05) is 6.08 Å². The second-order valence-electron chi connectivity index (χ2n) is 3.75. The monoisotopic (exact) mass is 279 g/mol. The van der Waals surface area contributed by atoms with Crippen molar-refractivity contribution in [2.75, 3.05) is 0 Å². The number of carbonyl (C=O) groups is 1. The SMILES string of the molecule is O=C(O)/C=C/c1coc2c([N+](=O)[O-])cc(F)cc2c1=O. The molecular formula is C12H6FNO6. The zero-order chi connectivity index (χ0) is 14.9. The second-order valence-corrected chi connectivity index (χ2v) is 3.75. The third-order valence-electron chi connectivity index (χ3n) is 2.45. The molecule has 7 nitrogen and oxygen atoms in total. The van der Waals surface area contributed by atoms with Crippen molar-refractivity contribution < 1.29 is 23.6 Å². The van der Waals surface area contributed by atoms with Crippen LogP contribution < -0.4 is 5.43 Å². The standard InChI is InChI=1S/C12H6FNO6/c13-7-3-8-11(17)6(1-2-10(15)16)5-20-12(8)9(4-7)14(18)19/h1-5H,(H,15,16)/b2-1+. The number of rotatable bonds is 3. The maximum absolute atomic E-state index is 13.3. The van der Waals surface area contributed by atoms with Crippen molar-refractivity contribution in [1.82, 2.24) is 0 Å². The number of nitro groups is 1. The van der Waals surface area contributed by atoms with Gasteiger partial charge in [-0.3, -0.25) is 14.9 Å². The molecule has 1 heterocycles. The number of non-ortho nitro benzene ring substituents is 1. The van der Waals surface area contributed by atoms with Crippen LogP contribution in [-0.4, -0.2) is 16.0 Å². The van der Waals surface area contributed by atoms with Gasteiger partial charge in [0.2, 0.25) is 5.58 Å². The summed E-state index contributed by atoms with van der Waals surface area (Å²) in [6, 6.07) is 1.43. The van der Waals surface area contributed by atoms with Crippen molar-refractivity contribution in [2.45, 2.75) is 0 Å². The fraction of sp³-hybridized carbons (Fsp3) is 0. The molecule has 0 fully saturated rings. The summed E-state index contributed by atoms with van der Waals surface area (Å²) in [5.74, 6) is -2.24. The number of benzene rings is 1. The number of nitrogens with zero attached hydrogens (tertiary/aromatic N) is 1. The van der Waals surface area contributed by atoms with Crippen LogP contribution in [0.1, 0.15) is 5.56 Å². The number of aliphatic carboxylic acids is 1. The first-order valence-electron chi connectivity index (χ1n) is 5.20. The van der Waals surface area contributed by atoms with Gasteiger partial charge >= 0.3 is 11.7 Å². The molecule has 0 radical (unpaired) electrons. The zero-order valence-electron chi connectivity index (χ0n) is 9.70. The molecule has 0 saturated carbocycles. The van der Waals surface area contributed by atoms with Gasteiger partial charge in [-0.25, -0.2) is 9.18 Å². The van der Waals surface area contributed by atoms with E-state index in [1.807, 2.05) is 0 Å². The highest BCUT2D eigenvalue weighted by atomic mass is 19.1. The summed E-state index contributed by atoms with van der Waals surface area (Å²) in [6.45, 7) is 0. The van der Waals surface area contributed by atoms with Crippen molar-refractivity contribution in [3.05, 3.63) is 56.2 Å². The molecular weight excluding hydrogens is 273 g/mol. The highest BCUT2D eigenvalue weighted by molar-refractivity contribution is 5.88. The lowest BCUT2D eigenvalue weighted by Gasteiger charge is -2.00. The Balaban J connectivity index is 2.77. The Morgan fingerprint density at radius 1 is 1.45 bits per heavy atom. The van der Waals surface area contributed by atoms with Crippen LogP contribution in [-0.2, 0) is 4.79 Å². The lowest BCUT2D eigenvalue weighted by Crippen LogP contribution is -2.07. The summed E-state index contributed by atoms with van der Waals surface area (Å²) in [4.78, 5) is 32.2. The van der Waals surface area contributed by atoms with Crippen LogP contribution in [0, 0.1) is 15.9 Å². The number of carboxylic acid groups (broad SMARTS) is 1. The minimum atomic E-state index is -1.28. The van der Waals surface area contributed by atoms with Gasteiger partial charge in [0.05, 0.1) is 21.9 Å². The van der Waals surface area contributed by atoms with Crippen molar-refractivity contribution in [1.29, 1.82) is 0 Å². The summed E-state index contributed by atoms with van der Waals surface area (Å²) in [6.07, 6.45) is 2.55. The van der Waals surface area contributed by atoms with Crippen LogP contribution in [0.4, 0.5) is 10.1 Å². The molecule has 0 aliphatic heterocycles. The highest BCUT2D eigenvalue weighted by Crippen LogP contribution is 2.25. The average Bonchev–Trinajstić information content (AvgIpc) is 2.37. The topological polar surface area (TPSA) is 111 Å². The molecule has 0 spiro atoms. The van der Waals surface area contributed by atoms with Crippen LogP contribution in [0.15, 0.2) is 33.7 Å². The van der Waals surface area contributed by atoms with E-state index in [1.54, 1.807) is 0 Å². The maximum Gasteiger partial charge on any atom is 0.328 e. The summed E-state index contributed by atoms with van der Waals surface area (Å²) in [7, 11) is 0. The molecule has 20 heavy (non-hydrogen) atoms. The Labute approximate surface area is 109 Å². The number of hydrogen-bond donors (Lipinski definition) is 1. The van der Waals surface area contributed by atoms with Crippen LogP contribution in [0.3, 0.4) is 0 Å².